The summed E-state index contributed by atoms with van der Waals surface area (Å²) >= 11 is 3.70. The molecule has 3 heteroatoms. The van der Waals surface area contributed by atoms with Gasteiger partial charge in [-0.15, -0.1) is 12.6 Å². The van der Waals surface area contributed by atoms with Crippen LogP contribution in [-0.2, 0) is 0 Å². The molecule has 1 aromatic rings. The smallest absolute Gasteiger partial charge is 0.278 e. The van der Waals surface area contributed by atoms with Crippen LogP contribution in [0, 0.1) is 6.01 Å². The van der Waals surface area contributed by atoms with Crippen molar-refractivity contribution in [1.82, 2.24) is 0 Å². The van der Waals surface area contributed by atoms with Crippen LogP contribution >= 0.6 is 12.6 Å². The van der Waals surface area contributed by atoms with E-state index >= 15 is 0 Å². The van der Waals surface area contributed by atoms with Gasteiger partial charge < -0.3 is 4.42 Å². The summed E-state index contributed by atoms with van der Waals surface area (Å²) in [6.07, 6.45) is 0. The average Bonchev–Trinajstić information content (AvgIpc) is 1.87. The summed E-state index contributed by atoms with van der Waals surface area (Å²) in [7, 11) is 0. The second-order valence-corrected chi connectivity index (χ2v) is 1.52. The Hall–Kier alpha value is -0.440. The zero-order valence-electron chi connectivity index (χ0n) is 3.39. The largest absolute Gasteiger partial charge is 0.425 e. The van der Waals surface area contributed by atoms with Gasteiger partial charge in [-0.2, -0.15) is 4.39 Å². The van der Waals surface area contributed by atoms with Crippen LogP contribution in [0.4, 0.5) is 4.39 Å². The maximum Gasteiger partial charge on any atom is 0.278 e. The lowest BCUT2D eigenvalue weighted by Gasteiger charge is -1.71. The van der Waals surface area contributed by atoms with Gasteiger partial charge in [0.05, 0.1) is 0 Å². The second kappa shape index (κ2) is 1.58. The molecule has 0 spiro atoms. The molecule has 0 N–H and O–H groups in total. The van der Waals surface area contributed by atoms with Crippen LogP contribution < -0.4 is 0 Å². The van der Waals surface area contributed by atoms with E-state index in [0.29, 0.717) is 5.09 Å². The third-order valence-electron chi connectivity index (χ3n) is 0.559. The van der Waals surface area contributed by atoms with Gasteiger partial charge in [-0.25, -0.2) is 0 Å². The van der Waals surface area contributed by atoms with Gasteiger partial charge in [0, 0.05) is 6.07 Å². The summed E-state index contributed by atoms with van der Waals surface area (Å²) < 4.78 is 16.0. The van der Waals surface area contributed by atoms with E-state index in [-0.39, 0.29) is 0 Å². The van der Waals surface area contributed by atoms with Crippen molar-refractivity contribution in [1.29, 1.82) is 0 Å². The van der Waals surface area contributed by atoms with E-state index in [0.717, 1.165) is 0 Å². The molecule has 0 aliphatic rings. The predicted octanol–water partition coefficient (Wildman–Crippen LogP) is 1.71. The Morgan fingerprint density at radius 2 is 2.29 bits per heavy atom. The summed E-state index contributed by atoms with van der Waals surface area (Å²) in [6.45, 7) is 0. The number of halogens is 1. The fourth-order valence-electron chi connectivity index (χ4n) is 0.305. The number of hydrogen-bond acceptors (Lipinski definition) is 2. The van der Waals surface area contributed by atoms with Crippen LogP contribution in [0.15, 0.2) is 21.6 Å². The van der Waals surface area contributed by atoms with E-state index < -0.39 is 6.01 Å². The van der Waals surface area contributed by atoms with Crippen LogP contribution in [0.2, 0.25) is 0 Å². The molecule has 0 aliphatic carbocycles. The lowest BCUT2D eigenvalue weighted by atomic mass is 10.7. The molecule has 0 bridgehead atoms. The van der Waals surface area contributed by atoms with Crippen LogP contribution in [0.5, 0.6) is 0 Å². The van der Waals surface area contributed by atoms with Crippen molar-refractivity contribution in [3.8, 4) is 0 Å². The molecule has 0 saturated heterocycles. The molecule has 0 atom stereocenters. The number of rotatable bonds is 0. The van der Waals surface area contributed by atoms with Gasteiger partial charge in [0.15, 0.2) is 5.09 Å². The minimum absolute atomic E-state index is 0.303. The first-order valence-corrected chi connectivity index (χ1v) is 2.18. The Labute approximate surface area is 45.5 Å². The Kier molecular flexibility index (Phi) is 1.06. The molecule has 38 valence electrons. The molecule has 1 rings (SSSR count). The first-order chi connectivity index (χ1) is 3.29. The third kappa shape index (κ3) is 0.962. The van der Waals surface area contributed by atoms with Crippen LogP contribution in [0.25, 0.3) is 0 Å². The van der Waals surface area contributed by atoms with Crippen molar-refractivity contribution in [2.75, 3.05) is 0 Å². The van der Waals surface area contributed by atoms with Crippen LogP contribution in [0.1, 0.15) is 0 Å². The van der Waals surface area contributed by atoms with Gasteiger partial charge in [0.2, 0.25) is 0 Å². The zero-order chi connectivity index (χ0) is 5.28. The Balaban J connectivity index is 3.04. The van der Waals surface area contributed by atoms with Crippen molar-refractivity contribution >= 4 is 12.6 Å². The van der Waals surface area contributed by atoms with E-state index in [2.05, 4.69) is 17.0 Å². The number of thiol groups is 1. The Morgan fingerprint density at radius 1 is 1.57 bits per heavy atom. The van der Waals surface area contributed by atoms with Crippen molar-refractivity contribution < 1.29 is 8.81 Å². The minimum Gasteiger partial charge on any atom is -0.425 e. The van der Waals surface area contributed by atoms with Gasteiger partial charge in [0.25, 0.3) is 6.01 Å². The fourth-order valence-corrected chi connectivity index (χ4v) is 0.466. The lowest BCUT2D eigenvalue weighted by molar-refractivity contribution is 0.314. The third-order valence-corrected chi connectivity index (χ3v) is 0.799. The summed E-state index contributed by atoms with van der Waals surface area (Å²) in [6, 6.07) is 2.06. The van der Waals surface area contributed by atoms with Crippen LogP contribution in [-0.4, -0.2) is 0 Å². The number of furan rings is 1. The van der Waals surface area contributed by atoms with Gasteiger partial charge in [-0.3, -0.25) is 0 Å². The van der Waals surface area contributed by atoms with Gasteiger partial charge in [-0.1, -0.05) is 0 Å². The first-order valence-electron chi connectivity index (χ1n) is 1.73. The van der Waals surface area contributed by atoms with E-state index in [1.807, 2.05) is 0 Å². The number of hydrogen-bond donors (Lipinski definition) is 1. The van der Waals surface area contributed by atoms with Crippen molar-refractivity contribution in [2.24, 2.45) is 0 Å². The molecule has 0 fully saturated rings. The van der Waals surface area contributed by atoms with Crippen molar-refractivity contribution in [3.63, 3.8) is 0 Å². The van der Waals surface area contributed by atoms with Crippen molar-refractivity contribution in [3.05, 3.63) is 18.1 Å². The molecule has 1 heterocycles. The molecule has 0 radical (unpaired) electrons. The summed E-state index contributed by atoms with van der Waals surface area (Å²) in [5.74, 6) is 0. The quantitative estimate of drug-likeness (QED) is 0.512. The summed E-state index contributed by atoms with van der Waals surface area (Å²) in [5.41, 5.74) is 0. The summed E-state index contributed by atoms with van der Waals surface area (Å²) in [4.78, 5) is 0. The molecule has 7 heavy (non-hydrogen) atoms. The normalized spacial score (nSPS) is 9.43. The highest BCUT2D eigenvalue weighted by molar-refractivity contribution is 7.80. The predicted molar refractivity (Wildman–Crippen MR) is 25.9 cm³/mol. The second-order valence-electron chi connectivity index (χ2n) is 1.08. The molecule has 1 nitrogen and oxygen atoms in total. The first kappa shape index (κ1) is 4.71. The highest BCUT2D eigenvalue weighted by Crippen LogP contribution is 2.07. The highest BCUT2D eigenvalue weighted by atomic mass is 32.1. The summed E-state index contributed by atoms with van der Waals surface area (Å²) in [5, 5.41) is 0.303. The maximum atomic E-state index is 11.7. The van der Waals surface area contributed by atoms with Gasteiger partial charge in [-0.05, 0) is 6.07 Å². The lowest BCUT2D eigenvalue weighted by Crippen LogP contribution is -1.51. The minimum atomic E-state index is -0.593. The molecule has 0 saturated carbocycles. The monoisotopic (exact) mass is 118 g/mol. The topological polar surface area (TPSA) is 13.1 Å². The van der Waals surface area contributed by atoms with E-state index in [1.165, 1.54) is 12.1 Å². The maximum absolute atomic E-state index is 11.7. The van der Waals surface area contributed by atoms with E-state index in [1.54, 1.807) is 0 Å². The zero-order valence-corrected chi connectivity index (χ0v) is 4.28. The van der Waals surface area contributed by atoms with E-state index in [4.69, 9.17) is 0 Å². The van der Waals surface area contributed by atoms with Crippen LogP contribution in [0.3, 0.4) is 0 Å². The SMILES string of the molecule is Fc1ccc(S)o1. The Bertz CT molecular complexity index is 144. The molecule has 0 aromatic carbocycles. The molecule has 0 aliphatic heterocycles. The van der Waals surface area contributed by atoms with E-state index in [9.17, 15) is 4.39 Å². The highest BCUT2D eigenvalue weighted by Gasteiger charge is 1.91. The molecule has 0 amide bonds. The molecular weight excluding hydrogens is 115 g/mol. The molecule has 1 aromatic heterocycles. The standard InChI is InChI=1S/C4H3FOS/c5-3-1-2-4(7)6-3/h1-2,7H. The van der Waals surface area contributed by atoms with Crippen molar-refractivity contribution in [2.45, 2.75) is 5.09 Å². The van der Waals surface area contributed by atoms with Gasteiger partial charge >= 0.3 is 0 Å². The van der Waals surface area contributed by atoms with Gasteiger partial charge in [0.1, 0.15) is 0 Å². The fraction of sp³-hybridized carbons (Fsp3) is 0. The Morgan fingerprint density at radius 3 is 2.43 bits per heavy atom. The molecule has 0 unspecified atom stereocenters. The molecular formula is C4H3FOS. The average molecular weight is 118 g/mol.